The molecule has 2 unspecified atom stereocenters. The molecule has 9 nitrogen and oxygen atoms in total. The molecule has 0 bridgehead atoms. The van der Waals surface area contributed by atoms with E-state index in [1.165, 1.54) is 70.6 Å². The van der Waals surface area contributed by atoms with Crippen LogP contribution in [0.5, 0.6) is 0 Å². The van der Waals surface area contributed by atoms with Crippen LogP contribution in [0.3, 0.4) is 0 Å². The molecule has 266 valence electrons. The summed E-state index contributed by atoms with van der Waals surface area (Å²) in [6.07, 6.45) is 32.3. The number of unbranched alkanes of at least 4 members (excludes halogenated alkanes) is 16. The fourth-order valence-electron chi connectivity index (χ4n) is 5.08. The summed E-state index contributed by atoms with van der Waals surface area (Å²) in [4.78, 5) is 47.2. The van der Waals surface area contributed by atoms with Crippen molar-refractivity contribution in [2.24, 2.45) is 0 Å². The quantitative estimate of drug-likeness (QED) is 0.0332. The van der Waals surface area contributed by atoms with E-state index in [2.05, 4.69) is 42.7 Å². The third kappa shape index (κ3) is 28.8. The molecule has 0 radical (unpaired) electrons. The summed E-state index contributed by atoms with van der Waals surface area (Å²) in [5, 5.41) is 22.4. The number of ether oxygens (including phenoxy) is 1. The number of aliphatic carboxylic acids is 1. The van der Waals surface area contributed by atoms with Gasteiger partial charge in [0, 0.05) is 12.8 Å². The number of nitrogens with one attached hydrogen (secondary N) is 2. The topological polar surface area (TPSA) is 142 Å². The Balaban J connectivity index is 4.22. The van der Waals surface area contributed by atoms with Crippen molar-refractivity contribution in [2.45, 2.75) is 174 Å². The minimum Gasteiger partial charge on any atom is -0.480 e. The predicted octanol–water partition coefficient (Wildman–Crippen LogP) is 7.70. The van der Waals surface area contributed by atoms with Crippen LogP contribution in [-0.4, -0.2) is 59.3 Å². The number of amides is 2. The second kappa shape index (κ2) is 32.3. The average Bonchev–Trinajstić information content (AvgIpc) is 3.03. The van der Waals surface area contributed by atoms with Crippen LogP contribution in [0.25, 0.3) is 0 Å². The van der Waals surface area contributed by atoms with Gasteiger partial charge in [0.2, 0.25) is 11.8 Å². The molecule has 0 fully saturated rings. The molecule has 0 aliphatic rings. The summed E-state index contributed by atoms with van der Waals surface area (Å²) in [5.74, 6) is -2.43. The van der Waals surface area contributed by atoms with E-state index in [9.17, 15) is 19.2 Å². The third-order valence-electron chi connectivity index (χ3n) is 7.92. The molecule has 0 aliphatic heterocycles. The Morgan fingerprint density at radius 1 is 0.674 bits per heavy atom. The van der Waals surface area contributed by atoms with E-state index in [1.807, 2.05) is 6.08 Å². The molecule has 2 atom stereocenters. The fraction of sp³-hybridized carbons (Fsp3) is 0.784. The van der Waals surface area contributed by atoms with Crippen molar-refractivity contribution < 1.29 is 34.1 Å². The summed E-state index contributed by atoms with van der Waals surface area (Å²) >= 11 is 0. The smallest absolute Gasteiger partial charge is 0.328 e. The van der Waals surface area contributed by atoms with Gasteiger partial charge in [-0.3, -0.25) is 14.4 Å². The first kappa shape index (κ1) is 43.3. The standard InChI is InChI=1S/C37H66N2O7/c1-3-5-7-9-11-12-13-14-15-16-17-19-25-29-36(43)46-32(26-22-18-10-8-6-4-2)27-23-20-21-24-28-34(41)38-30-35(42)39-33(31-40)37(44)45/h8,10,22,26,32-33,40H,3-7,9,11-21,23-25,27-31H2,1-2H3,(H,38,41)(H,39,42)(H,44,45)/b10-8-,26-22-. The van der Waals surface area contributed by atoms with E-state index < -0.39 is 24.5 Å². The van der Waals surface area contributed by atoms with Gasteiger partial charge in [-0.25, -0.2) is 4.79 Å². The maximum Gasteiger partial charge on any atom is 0.328 e. The molecule has 0 spiro atoms. The SMILES string of the molecule is CCC/C=C\C/C=C\C(CCCCCCC(=O)NCC(=O)NC(CO)C(=O)O)OC(=O)CCCCCCCCCCCCCCC. The van der Waals surface area contributed by atoms with Crippen LogP contribution in [-0.2, 0) is 23.9 Å². The van der Waals surface area contributed by atoms with Crippen molar-refractivity contribution in [3.63, 3.8) is 0 Å². The summed E-state index contributed by atoms with van der Waals surface area (Å²) in [5.41, 5.74) is 0. The van der Waals surface area contributed by atoms with Gasteiger partial charge in [-0.1, -0.05) is 128 Å². The largest absolute Gasteiger partial charge is 0.480 e. The minimum atomic E-state index is -1.39. The van der Waals surface area contributed by atoms with Gasteiger partial charge in [0.25, 0.3) is 0 Å². The lowest BCUT2D eigenvalue weighted by atomic mass is 10.0. The zero-order chi connectivity index (χ0) is 34.1. The second-order valence-corrected chi connectivity index (χ2v) is 12.3. The molecular weight excluding hydrogens is 584 g/mol. The van der Waals surface area contributed by atoms with E-state index in [-0.39, 0.29) is 30.9 Å². The number of aliphatic hydroxyl groups is 1. The Morgan fingerprint density at radius 2 is 1.24 bits per heavy atom. The monoisotopic (exact) mass is 650 g/mol. The van der Waals surface area contributed by atoms with E-state index in [0.717, 1.165) is 57.8 Å². The van der Waals surface area contributed by atoms with Gasteiger partial charge in [0.05, 0.1) is 13.2 Å². The molecule has 0 saturated carbocycles. The Hall–Kier alpha value is -2.68. The molecule has 0 aromatic rings. The number of carboxylic acids is 1. The van der Waals surface area contributed by atoms with Gasteiger partial charge in [-0.05, 0) is 44.6 Å². The summed E-state index contributed by atoms with van der Waals surface area (Å²) in [6.45, 7) is 3.35. The number of carboxylic acid groups (broad SMARTS) is 1. The van der Waals surface area contributed by atoms with Crippen LogP contribution in [0.2, 0.25) is 0 Å². The van der Waals surface area contributed by atoms with Gasteiger partial charge in [0.1, 0.15) is 12.1 Å². The molecule has 46 heavy (non-hydrogen) atoms. The molecule has 2 amide bonds. The second-order valence-electron chi connectivity index (χ2n) is 12.3. The highest BCUT2D eigenvalue weighted by Crippen LogP contribution is 2.15. The van der Waals surface area contributed by atoms with Crippen LogP contribution < -0.4 is 10.6 Å². The summed E-state index contributed by atoms with van der Waals surface area (Å²) in [7, 11) is 0. The summed E-state index contributed by atoms with van der Waals surface area (Å²) in [6, 6.07) is -1.39. The van der Waals surface area contributed by atoms with Gasteiger partial charge >= 0.3 is 11.9 Å². The van der Waals surface area contributed by atoms with Crippen molar-refractivity contribution in [1.82, 2.24) is 10.6 Å². The Morgan fingerprint density at radius 3 is 1.80 bits per heavy atom. The molecule has 0 aromatic heterocycles. The number of allylic oxidation sites excluding steroid dienone is 3. The van der Waals surface area contributed by atoms with Crippen LogP contribution >= 0.6 is 0 Å². The lowest BCUT2D eigenvalue weighted by Gasteiger charge is -2.15. The van der Waals surface area contributed by atoms with Crippen LogP contribution in [0.4, 0.5) is 0 Å². The maximum atomic E-state index is 12.6. The first-order chi connectivity index (χ1) is 22.3. The number of hydrogen-bond donors (Lipinski definition) is 4. The van der Waals surface area contributed by atoms with Crippen LogP contribution in [0, 0.1) is 0 Å². The van der Waals surface area contributed by atoms with E-state index in [4.69, 9.17) is 14.9 Å². The lowest BCUT2D eigenvalue weighted by molar-refractivity contribution is -0.147. The van der Waals surface area contributed by atoms with Crippen LogP contribution in [0.1, 0.15) is 162 Å². The van der Waals surface area contributed by atoms with E-state index >= 15 is 0 Å². The molecule has 9 heteroatoms. The molecule has 0 heterocycles. The van der Waals surface area contributed by atoms with Crippen LogP contribution in [0.15, 0.2) is 24.3 Å². The Labute approximate surface area is 279 Å². The van der Waals surface area contributed by atoms with Crippen molar-refractivity contribution in [1.29, 1.82) is 0 Å². The van der Waals surface area contributed by atoms with Crippen molar-refractivity contribution >= 4 is 23.8 Å². The Bertz CT molecular complexity index is 844. The molecule has 4 N–H and O–H groups in total. The highest BCUT2D eigenvalue weighted by molar-refractivity contribution is 5.87. The number of carbonyl (C=O) groups excluding carboxylic acids is 3. The highest BCUT2D eigenvalue weighted by atomic mass is 16.5. The number of carbonyl (C=O) groups is 4. The molecule has 0 saturated heterocycles. The van der Waals surface area contributed by atoms with E-state index in [0.29, 0.717) is 12.8 Å². The first-order valence-corrected chi connectivity index (χ1v) is 18.2. The van der Waals surface area contributed by atoms with Crippen molar-refractivity contribution in [3.05, 3.63) is 24.3 Å². The van der Waals surface area contributed by atoms with Gasteiger partial charge in [-0.2, -0.15) is 0 Å². The maximum absolute atomic E-state index is 12.6. The Kier molecular flexibility index (Phi) is 30.4. The van der Waals surface area contributed by atoms with Gasteiger partial charge < -0.3 is 25.6 Å². The zero-order valence-corrected chi connectivity index (χ0v) is 29.1. The number of aliphatic hydroxyl groups excluding tert-OH is 1. The molecular formula is C37H66N2O7. The van der Waals surface area contributed by atoms with E-state index in [1.54, 1.807) is 0 Å². The predicted molar refractivity (Wildman–Crippen MR) is 185 cm³/mol. The van der Waals surface area contributed by atoms with Gasteiger partial charge in [-0.15, -0.1) is 0 Å². The van der Waals surface area contributed by atoms with Gasteiger partial charge in [0.15, 0.2) is 0 Å². The first-order valence-electron chi connectivity index (χ1n) is 18.2. The molecule has 0 aromatic carbocycles. The molecule has 0 rings (SSSR count). The third-order valence-corrected chi connectivity index (χ3v) is 7.92. The number of esters is 1. The average molecular weight is 651 g/mol. The highest BCUT2D eigenvalue weighted by Gasteiger charge is 2.18. The fourth-order valence-corrected chi connectivity index (χ4v) is 5.08. The van der Waals surface area contributed by atoms with Crippen molar-refractivity contribution in [2.75, 3.05) is 13.2 Å². The number of hydrogen-bond acceptors (Lipinski definition) is 6. The summed E-state index contributed by atoms with van der Waals surface area (Å²) < 4.78 is 5.83. The normalized spacial score (nSPS) is 12.8. The van der Waals surface area contributed by atoms with Crippen molar-refractivity contribution in [3.8, 4) is 0 Å². The zero-order valence-electron chi connectivity index (χ0n) is 29.1. The number of rotatable bonds is 32. The minimum absolute atomic E-state index is 0.131. The molecule has 0 aliphatic carbocycles. The lowest BCUT2D eigenvalue weighted by Crippen LogP contribution is -2.47.